The standard InChI is InChI=1S/C20H13ClF3N5O5S/c21-14-6-3-10(7-12(14)18(32)33)29-16(13(8-26-29)15(25)30)27-19(35)28-17(31)9-1-4-11(5-2-9)34-20(22,23)24/h1-8H,(H2,25,30)(H,32,33)(H2,27,28,31,35). The minimum atomic E-state index is -4.88. The molecule has 0 saturated carbocycles. The molecule has 35 heavy (non-hydrogen) atoms. The number of carbonyl (C=O) groups is 3. The Morgan fingerprint density at radius 2 is 1.77 bits per heavy atom. The zero-order chi connectivity index (χ0) is 25.9. The third kappa shape index (κ3) is 6.24. The molecular formula is C20H13ClF3N5O5S. The van der Waals surface area contributed by atoms with Gasteiger partial charge >= 0.3 is 12.3 Å². The number of carboxylic acids is 1. The van der Waals surface area contributed by atoms with Crippen LogP contribution in [-0.2, 0) is 0 Å². The van der Waals surface area contributed by atoms with Crippen molar-refractivity contribution in [2.75, 3.05) is 5.32 Å². The van der Waals surface area contributed by atoms with Gasteiger partial charge in [-0.15, -0.1) is 13.2 Å². The zero-order valence-corrected chi connectivity index (χ0v) is 18.7. The van der Waals surface area contributed by atoms with Crippen molar-refractivity contribution in [3.05, 3.63) is 70.4 Å². The van der Waals surface area contributed by atoms with E-state index in [4.69, 9.17) is 29.6 Å². The molecule has 0 radical (unpaired) electrons. The van der Waals surface area contributed by atoms with E-state index in [0.29, 0.717) is 0 Å². The van der Waals surface area contributed by atoms with Crippen LogP contribution in [0.3, 0.4) is 0 Å². The number of nitrogens with one attached hydrogen (secondary N) is 2. The summed E-state index contributed by atoms with van der Waals surface area (Å²) in [5.41, 5.74) is 5.12. The third-order valence-corrected chi connectivity index (χ3v) is 4.80. The highest BCUT2D eigenvalue weighted by atomic mass is 35.5. The summed E-state index contributed by atoms with van der Waals surface area (Å²) in [7, 11) is 0. The van der Waals surface area contributed by atoms with Crippen LogP contribution in [-0.4, -0.2) is 44.1 Å². The molecule has 0 aliphatic carbocycles. The van der Waals surface area contributed by atoms with Gasteiger partial charge in [0.1, 0.15) is 17.1 Å². The molecule has 0 saturated heterocycles. The number of nitrogens with zero attached hydrogens (tertiary/aromatic N) is 2. The maximum atomic E-state index is 12.4. The molecule has 1 aromatic heterocycles. The van der Waals surface area contributed by atoms with Gasteiger partial charge < -0.3 is 20.9 Å². The molecule has 10 nitrogen and oxygen atoms in total. The molecule has 0 spiro atoms. The first-order valence-corrected chi connectivity index (χ1v) is 10.0. The Balaban J connectivity index is 1.82. The van der Waals surface area contributed by atoms with Gasteiger partial charge in [0, 0.05) is 5.56 Å². The second-order valence-corrected chi connectivity index (χ2v) is 7.45. The first kappa shape index (κ1) is 25.5. The Morgan fingerprint density at radius 3 is 2.34 bits per heavy atom. The van der Waals surface area contributed by atoms with Crippen LogP contribution < -0.4 is 21.1 Å². The Labute approximate surface area is 204 Å². The Morgan fingerprint density at radius 1 is 1.11 bits per heavy atom. The van der Waals surface area contributed by atoms with Crippen molar-refractivity contribution in [3.63, 3.8) is 0 Å². The number of ether oxygens (including phenoxy) is 1. The predicted molar refractivity (Wildman–Crippen MR) is 121 cm³/mol. The molecule has 5 N–H and O–H groups in total. The quantitative estimate of drug-likeness (QED) is 0.357. The fraction of sp³-hybridized carbons (Fsp3) is 0.0500. The lowest BCUT2D eigenvalue weighted by molar-refractivity contribution is -0.274. The van der Waals surface area contributed by atoms with Crippen LogP contribution in [0, 0.1) is 0 Å². The van der Waals surface area contributed by atoms with Crippen molar-refractivity contribution in [1.29, 1.82) is 0 Å². The molecular weight excluding hydrogens is 515 g/mol. The van der Waals surface area contributed by atoms with Crippen LogP contribution in [0.4, 0.5) is 19.0 Å². The van der Waals surface area contributed by atoms with Crippen LogP contribution in [0.1, 0.15) is 31.1 Å². The number of amides is 2. The normalized spacial score (nSPS) is 11.0. The number of benzene rings is 2. The van der Waals surface area contributed by atoms with E-state index in [1.54, 1.807) is 0 Å². The monoisotopic (exact) mass is 527 g/mol. The van der Waals surface area contributed by atoms with Crippen molar-refractivity contribution >= 4 is 52.5 Å². The molecule has 0 bridgehead atoms. The van der Waals surface area contributed by atoms with Crippen molar-refractivity contribution in [2.45, 2.75) is 6.36 Å². The minimum absolute atomic E-state index is 0.0347. The second kappa shape index (κ2) is 9.99. The number of primary amides is 1. The summed E-state index contributed by atoms with van der Waals surface area (Å²) in [5, 5.41) is 17.8. The predicted octanol–water partition coefficient (Wildman–Crippen LogP) is 3.35. The molecule has 0 fully saturated rings. The van der Waals surface area contributed by atoms with Gasteiger partial charge in [-0.05, 0) is 54.7 Å². The van der Waals surface area contributed by atoms with Gasteiger partial charge in [-0.3, -0.25) is 14.9 Å². The molecule has 0 aliphatic rings. The summed E-state index contributed by atoms with van der Waals surface area (Å²) in [4.78, 5) is 35.6. The lowest BCUT2D eigenvalue weighted by Crippen LogP contribution is -2.35. The summed E-state index contributed by atoms with van der Waals surface area (Å²) < 4.78 is 41.7. The van der Waals surface area contributed by atoms with Gasteiger partial charge in [0.15, 0.2) is 5.11 Å². The smallest absolute Gasteiger partial charge is 0.478 e. The number of carboxylic acid groups (broad SMARTS) is 1. The second-order valence-electron chi connectivity index (χ2n) is 6.63. The highest BCUT2D eigenvalue weighted by molar-refractivity contribution is 7.80. The SMILES string of the molecule is NC(=O)c1cnn(-c2ccc(Cl)c(C(=O)O)c2)c1NC(=S)NC(=O)c1ccc(OC(F)(F)F)cc1. The largest absolute Gasteiger partial charge is 0.573 e. The van der Waals surface area contributed by atoms with E-state index in [-0.39, 0.29) is 38.3 Å². The van der Waals surface area contributed by atoms with E-state index >= 15 is 0 Å². The highest BCUT2D eigenvalue weighted by Crippen LogP contribution is 2.25. The number of carbonyl (C=O) groups excluding carboxylic acids is 2. The molecule has 182 valence electrons. The molecule has 2 amide bonds. The Kier molecular flexibility index (Phi) is 7.26. The summed E-state index contributed by atoms with van der Waals surface area (Å²) in [5.74, 6) is -3.60. The van der Waals surface area contributed by atoms with Crippen molar-refractivity contribution in [1.82, 2.24) is 15.1 Å². The highest BCUT2D eigenvalue weighted by Gasteiger charge is 2.31. The molecule has 2 aromatic carbocycles. The fourth-order valence-electron chi connectivity index (χ4n) is 2.78. The molecule has 0 aliphatic heterocycles. The zero-order valence-electron chi connectivity index (χ0n) is 17.1. The summed E-state index contributed by atoms with van der Waals surface area (Å²) in [6.45, 7) is 0. The minimum Gasteiger partial charge on any atom is -0.478 e. The molecule has 0 unspecified atom stereocenters. The fourth-order valence-corrected chi connectivity index (χ4v) is 3.16. The molecule has 3 aromatic rings. The summed E-state index contributed by atoms with van der Waals surface area (Å²) in [6.07, 6.45) is -3.78. The number of thiocarbonyl (C=S) groups is 1. The molecule has 15 heteroatoms. The van der Waals surface area contributed by atoms with Crippen LogP contribution >= 0.6 is 23.8 Å². The maximum Gasteiger partial charge on any atom is 0.573 e. The van der Waals surface area contributed by atoms with Gasteiger partial charge in [0.2, 0.25) is 0 Å². The van der Waals surface area contributed by atoms with E-state index in [1.807, 2.05) is 0 Å². The van der Waals surface area contributed by atoms with E-state index in [9.17, 15) is 32.7 Å². The van der Waals surface area contributed by atoms with Crippen LogP contribution in [0.25, 0.3) is 5.69 Å². The average Bonchev–Trinajstić information content (AvgIpc) is 3.16. The number of alkyl halides is 3. The summed E-state index contributed by atoms with van der Waals surface area (Å²) >= 11 is 11.0. The number of nitrogens with two attached hydrogens (primary N) is 1. The van der Waals surface area contributed by atoms with Gasteiger partial charge in [0.25, 0.3) is 11.8 Å². The number of rotatable bonds is 6. The van der Waals surface area contributed by atoms with Gasteiger partial charge in [-0.2, -0.15) is 5.10 Å². The van der Waals surface area contributed by atoms with Gasteiger partial charge in [0.05, 0.1) is 22.5 Å². The number of aromatic carboxylic acids is 1. The Hall–Kier alpha value is -4.17. The van der Waals surface area contributed by atoms with Gasteiger partial charge in [-0.25, -0.2) is 9.48 Å². The third-order valence-electron chi connectivity index (χ3n) is 4.27. The van der Waals surface area contributed by atoms with Crippen molar-refractivity contribution in [2.24, 2.45) is 5.73 Å². The van der Waals surface area contributed by atoms with E-state index in [0.717, 1.165) is 35.1 Å². The average molecular weight is 528 g/mol. The Bertz CT molecular complexity index is 1330. The van der Waals surface area contributed by atoms with Crippen LogP contribution in [0.2, 0.25) is 5.02 Å². The van der Waals surface area contributed by atoms with E-state index < -0.39 is 29.9 Å². The first-order chi connectivity index (χ1) is 16.4. The lowest BCUT2D eigenvalue weighted by atomic mass is 10.2. The number of hydrogen-bond acceptors (Lipinski definition) is 6. The molecule has 1 heterocycles. The van der Waals surface area contributed by atoms with Gasteiger partial charge in [-0.1, -0.05) is 11.6 Å². The lowest BCUT2D eigenvalue weighted by Gasteiger charge is -2.14. The maximum absolute atomic E-state index is 12.4. The van der Waals surface area contributed by atoms with E-state index in [2.05, 4.69) is 20.5 Å². The van der Waals surface area contributed by atoms with E-state index in [1.165, 1.54) is 18.2 Å². The number of hydrogen-bond donors (Lipinski definition) is 4. The van der Waals surface area contributed by atoms with Crippen LogP contribution in [0.15, 0.2) is 48.7 Å². The molecule has 3 rings (SSSR count). The topological polar surface area (TPSA) is 149 Å². The number of halogens is 4. The first-order valence-electron chi connectivity index (χ1n) is 9.25. The van der Waals surface area contributed by atoms with Crippen molar-refractivity contribution in [3.8, 4) is 11.4 Å². The number of anilines is 1. The summed E-state index contributed by atoms with van der Waals surface area (Å²) in [6, 6.07) is 7.98. The van der Waals surface area contributed by atoms with Crippen LogP contribution in [0.5, 0.6) is 5.75 Å². The van der Waals surface area contributed by atoms with Crippen molar-refractivity contribution < 1.29 is 37.4 Å². The number of aromatic nitrogens is 2. The molecule has 0 atom stereocenters.